The Bertz CT molecular complexity index is 650. The Morgan fingerprint density at radius 2 is 2.18 bits per heavy atom. The largest absolute Gasteiger partial charge is 0.343 e. The second-order valence-corrected chi connectivity index (χ2v) is 7.21. The van der Waals surface area contributed by atoms with Crippen LogP contribution in [0.5, 0.6) is 0 Å². The van der Waals surface area contributed by atoms with Crippen LogP contribution in [0.25, 0.3) is 0 Å². The van der Waals surface area contributed by atoms with Gasteiger partial charge < -0.3 is 9.42 Å². The van der Waals surface area contributed by atoms with E-state index < -0.39 is 0 Å². The van der Waals surface area contributed by atoms with Gasteiger partial charge in [0.1, 0.15) is 0 Å². The Morgan fingerprint density at radius 1 is 1.32 bits per heavy atom. The van der Waals surface area contributed by atoms with Crippen molar-refractivity contribution in [1.29, 1.82) is 0 Å². The van der Waals surface area contributed by atoms with Gasteiger partial charge in [0.05, 0.1) is 12.2 Å². The van der Waals surface area contributed by atoms with Gasteiger partial charge in [-0.3, -0.25) is 4.90 Å². The number of aryl methyl sites for hydroxylation is 1. The molecule has 1 aliphatic carbocycles. The minimum atomic E-state index is 0.453. The first-order chi connectivity index (χ1) is 10.7. The molecule has 22 heavy (non-hydrogen) atoms. The summed E-state index contributed by atoms with van der Waals surface area (Å²) in [7, 11) is 0. The standard InChI is InChI=1S/C15H21N5OS/c1-10-9-22-15(16-10)20-6-5-19(7-11(20)2)8-13-17-14(21-18-13)12-3-4-12/h9,11-12H,3-8H2,1-2H3/t11-/m0/s1. The van der Waals surface area contributed by atoms with Crippen molar-refractivity contribution in [2.24, 2.45) is 0 Å². The van der Waals surface area contributed by atoms with Crippen LogP contribution in [0, 0.1) is 6.92 Å². The molecule has 1 saturated heterocycles. The van der Waals surface area contributed by atoms with Crippen LogP contribution in [0.3, 0.4) is 0 Å². The molecule has 0 aromatic carbocycles. The van der Waals surface area contributed by atoms with E-state index >= 15 is 0 Å². The SMILES string of the molecule is Cc1csc(N2CCN(Cc3noc(C4CC4)n3)C[C@@H]2C)n1. The highest BCUT2D eigenvalue weighted by Crippen LogP contribution is 2.38. The number of hydrogen-bond acceptors (Lipinski definition) is 7. The maximum Gasteiger partial charge on any atom is 0.229 e. The zero-order valence-electron chi connectivity index (χ0n) is 13.0. The molecule has 0 spiro atoms. The van der Waals surface area contributed by atoms with E-state index in [1.165, 1.54) is 12.8 Å². The average molecular weight is 319 g/mol. The van der Waals surface area contributed by atoms with Gasteiger partial charge in [-0.25, -0.2) is 4.98 Å². The highest BCUT2D eigenvalue weighted by atomic mass is 32.1. The van der Waals surface area contributed by atoms with Crippen molar-refractivity contribution in [3.8, 4) is 0 Å². The Morgan fingerprint density at radius 3 is 2.86 bits per heavy atom. The van der Waals surface area contributed by atoms with E-state index in [2.05, 4.69) is 44.2 Å². The molecule has 118 valence electrons. The normalized spacial score (nSPS) is 23.2. The molecule has 2 aromatic rings. The van der Waals surface area contributed by atoms with Gasteiger partial charge in [0.15, 0.2) is 11.0 Å². The van der Waals surface area contributed by atoms with Crippen molar-refractivity contribution >= 4 is 16.5 Å². The summed E-state index contributed by atoms with van der Waals surface area (Å²) < 4.78 is 5.34. The van der Waals surface area contributed by atoms with E-state index in [1.54, 1.807) is 11.3 Å². The summed E-state index contributed by atoms with van der Waals surface area (Å²) in [6, 6.07) is 0.453. The van der Waals surface area contributed by atoms with Crippen LogP contribution in [-0.2, 0) is 6.54 Å². The lowest BCUT2D eigenvalue weighted by Gasteiger charge is -2.39. The molecule has 7 heteroatoms. The van der Waals surface area contributed by atoms with E-state index in [-0.39, 0.29) is 0 Å². The van der Waals surface area contributed by atoms with Gasteiger partial charge in [-0.15, -0.1) is 11.3 Å². The molecular formula is C15H21N5OS. The van der Waals surface area contributed by atoms with Crippen molar-refractivity contribution in [3.05, 3.63) is 22.8 Å². The van der Waals surface area contributed by atoms with E-state index in [0.717, 1.165) is 48.7 Å². The van der Waals surface area contributed by atoms with Gasteiger partial charge in [0.25, 0.3) is 0 Å². The zero-order chi connectivity index (χ0) is 15.1. The lowest BCUT2D eigenvalue weighted by atomic mass is 10.2. The molecule has 1 aliphatic heterocycles. The third-order valence-electron chi connectivity index (χ3n) is 4.34. The van der Waals surface area contributed by atoms with Crippen molar-refractivity contribution in [3.63, 3.8) is 0 Å². The molecule has 1 saturated carbocycles. The lowest BCUT2D eigenvalue weighted by molar-refractivity contribution is 0.213. The fraction of sp³-hybridized carbons (Fsp3) is 0.667. The maximum atomic E-state index is 5.34. The zero-order valence-corrected chi connectivity index (χ0v) is 13.8. The van der Waals surface area contributed by atoms with Crippen LogP contribution in [0.2, 0.25) is 0 Å². The average Bonchev–Trinajstić information content (AvgIpc) is 3.10. The van der Waals surface area contributed by atoms with Gasteiger partial charge in [-0.2, -0.15) is 4.98 Å². The topological polar surface area (TPSA) is 58.3 Å². The lowest BCUT2D eigenvalue weighted by Crippen LogP contribution is -2.51. The van der Waals surface area contributed by atoms with E-state index in [1.807, 2.05) is 0 Å². The number of anilines is 1. The molecular weight excluding hydrogens is 298 g/mol. The third-order valence-corrected chi connectivity index (χ3v) is 5.34. The first-order valence-electron chi connectivity index (χ1n) is 7.92. The first-order valence-corrected chi connectivity index (χ1v) is 8.80. The molecule has 2 aliphatic rings. The summed E-state index contributed by atoms with van der Waals surface area (Å²) in [5.74, 6) is 2.19. The Labute approximate surface area is 134 Å². The molecule has 4 rings (SSSR count). The Hall–Kier alpha value is -1.47. The van der Waals surface area contributed by atoms with Gasteiger partial charge in [-0.1, -0.05) is 5.16 Å². The van der Waals surface area contributed by atoms with Gasteiger partial charge in [-0.05, 0) is 26.7 Å². The number of thiazole rings is 1. The summed E-state index contributed by atoms with van der Waals surface area (Å²) in [4.78, 5) is 13.9. The number of piperazine rings is 1. The molecule has 0 N–H and O–H groups in total. The molecule has 0 unspecified atom stereocenters. The Balaban J connectivity index is 1.37. The molecule has 2 fully saturated rings. The molecule has 3 heterocycles. The molecule has 0 radical (unpaired) electrons. The molecule has 6 nitrogen and oxygen atoms in total. The molecule has 2 aromatic heterocycles. The van der Waals surface area contributed by atoms with Crippen LogP contribution < -0.4 is 4.90 Å². The summed E-state index contributed by atoms with van der Waals surface area (Å²) in [6.07, 6.45) is 2.40. The summed E-state index contributed by atoms with van der Waals surface area (Å²) in [5.41, 5.74) is 1.11. The third kappa shape index (κ3) is 2.87. The van der Waals surface area contributed by atoms with Crippen LogP contribution in [-0.4, -0.2) is 45.7 Å². The van der Waals surface area contributed by atoms with Crippen molar-refractivity contribution < 1.29 is 4.52 Å². The summed E-state index contributed by atoms with van der Waals surface area (Å²) in [5, 5.41) is 7.38. The van der Waals surface area contributed by atoms with Crippen LogP contribution in [0.4, 0.5) is 5.13 Å². The number of rotatable bonds is 4. The minimum absolute atomic E-state index is 0.453. The van der Waals surface area contributed by atoms with Crippen LogP contribution >= 0.6 is 11.3 Å². The monoisotopic (exact) mass is 319 g/mol. The number of hydrogen-bond donors (Lipinski definition) is 0. The maximum absolute atomic E-state index is 5.34. The number of aromatic nitrogens is 3. The fourth-order valence-corrected chi connectivity index (χ4v) is 3.89. The second kappa shape index (κ2) is 5.62. The quantitative estimate of drug-likeness (QED) is 0.862. The van der Waals surface area contributed by atoms with Crippen molar-refractivity contribution in [2.75, 3.05) is 24.5 Å². The predicted octanol–water partition coefficient (Wildman–Crippen LogP) is 2.42. The highest BCUT2D eigenvalue weighted by Gasteiger charge is 2.31. The van der Waals surface area contributed by atoms with E-state index in [9.17, 15) is 0 Å². The molecule has 0 amide bonds. The highest BCUT2D eigenvalue weighted by molar-refractivity contribution is 7.13. The van der Waals surface area contributed by atoms with E-state index in [0.29, 0.717) is 12.0 Å². The Kier molecular flexibility index (Phi) is 3.62. The van der Waals surface area contributed by atoms with Crippen LogP contribution in [0.1, 0.15) is 43.1 Å². The van der Waals surface area contributed by atoms with Gasteiger partial charge in [0, 0.05) is 37.0 Å². The van der Waals surface area contributed by atoms with Gasteiger partial charge in [0.2, 0.25) is 5.89 Å². The molecule has 0 bridgehead atoms. The predicted molar refractivity (Wildman–Crippen MR) is 85.2 cm³/mol. The van der Waals surface area contributed by atoms with Gasteiger partial charge >= 0.3 is 0 Å². The van der Waals surface area contributed by atoms with Crippen molar-refractivity contribution in [2.45, 2.75) is 45.2 Å². The minimum Gasteiger partial charge on any atom is -0.343 e. The van der Waals surface area contributed by atoms with Crippen molar-refractivity contribution in [1.82, 2.24) is 20.0 Å². The number of nitrogens with zero attached hydrogens (tertiary/aromatic N) is 5. The molecule has 1 atom stereocenters. The second-order valence-electron chi connectivity index (χ2n) is 6.37. The smallest absolute Gasteiger partial charge is 0.229 e. The summed E-state index contributed by atoms with van der Waals surface area (Å²) in [6.45, 7) is 8.11. The fourth-order valence-electron chi connectivity index (χ4n) is 2.96. The first kappa shape index (κ1) is 14.1. The van der Waals surface area contributed by atoms with E-state index in [4.69, 9.17) is 4.52 Å². The summed E-state index contributed by atoms with van der Waals surface area (Å²) >= 11 is 1.74. The van der Waals surface area contributed by atoms with Crippen LogP contribution in [0.15, 0.2) is 9.90 Å².